The molecule has 2 heteroatoms. The molecule has 0 atom stereocenters. The molecule has 0 spiro atoms. The van der Waals surface area contributed by atoms with Crippen molar-refractivity contribution in [1.82, 2.24) is 0 Å². The van der Waals surface area contributed by atoms with Crippen molar-refractivity contribution in [1.29, 1.82) is 0 Å². The van der Waals surface area contributed by atoms with Gasteiger partial charge in [-0.05, 0) is 31.2 Å². The normalized spacial score (nSPS) is 9.47. The Morgan fingerprint density at radius 1 is 0.765 bits per heavy atom. The van der Waals surface area contributed by atoms with Crippen LogP contribution in [0.4, 0.5) is 0 Å². The highest BCUT2D eigenvalue weighted by Gasteiger charge is 1.95. The molecule has 0 radical (unpaired) electrons. The van der Waals surface area contributed by atoms with Gasteiger partial charge >= 0.3 is 0 Å². The van der Waals surface area contributed by atoms with Gasteiger partial charge in [-0.1, -0.05) is 29.5 Å². The van der Waals surface area contributed by atoms with Gasteiger partial charge in [-0.15, -0.1) is 0 Å². The van der Waals surface area contributed by atoms with E-state index in [2.05, 4.69) is 11.8 Å². The topological polar surface area (TPSA) is 40.5 Å². The Kier molecular flexibility index (Phi) is 3.02. The molecule has 0 saturated heterocycles. The van der Waals surface area contributed by atoms with Gasteiger partial charge in [-0.3, -0.25) is 0 Å². The van der Waals surface area contributed by atoms with E-state index in [-0.39, 0.29) is 11.5 Å². The molecule has 2 aromatic rings. The molecule has 0 bridgehead atoms. The quantitative estimate of drug-likeness (QED) is 0.675. The van der Waals surface area contributed by atoms with Gasteiger partial charge in [0.05, 0.1) is 0 Å². The van der Waals surface area contributed by atoms with Crippen LogP contribution >= 0.6 is 0 Å². The van der Waals surface area contributed by atoms with Crippen molar-refractivity contribution in [2.75, 3.05) is 0 Å². The van der Waals surface area contributed by atoms with E-state index < -0.39 is 0 Å². The summed E-state index contributed by atoms with van der Waals surface area (Å²) >= 11 is 0. The van der Waals surface area contributed by atoms with Crippen LogP contribution in [0, 0.1) is 18.8 Å². The third kappa shape index (κ3) is 3.02. The number of hydrogen-bond donors (Lipinski definition) is 2. The second-order valence-electron chi connectivity index (χ2n) is 3.85. The highest BCUT2D eigenvalue weighted by molar-refractivity contribution is 5.48. The predicted molar refractivity (Wildman–Crippen MR) is 66.9 cm³/mol. The second-order valence-corrected chi connectivity index (χ2v) is 3.85. The zero-order valence-corrected chi connectivity index (χ0v) is 9.44. The van der Waals surface area contributed by atoms with Crippen LogP contribution < -0.4 is 0 Å². The fourth-order valence-corrected chi connectivity index (χ4v) is 1.45. The largest absolute Gasteiger partial charge is 0.508 e. The van der Waals surface area contributed by atoms with Crippen LogP contribution in [0.5, 0.6) is 11.5 Å². The molecule has 2 nitrogen and oxygen atoms in total. The van der Waals surface area contributed by atoms with Crippen molar-refractivity contribution < 1.29 is 10.2 Å². The number of hydrogen-bond acceptors (Lipinski definition) is 2. The Labute approximate surface area is 100 Å². The molecule has 0 aliphatic carbocycles. The number of benzene rings is 2. The molecule has 2 N–H and O–H groups in total. The number of phenolic OH excluding ortho intramolecular Hbond substituents is 2. The molecule has 0 aromatic heterocycles. The number of phenols is 2. The van der Waals surface area contributed by atoms with Crippen LogP contribution in [0.2, 0.25) is 0 Å². The summed E-state index contributed by atoms with van der Waals surface area (Å²) in [6, 6.07) is 12.2. The molecule has 84 valence electrons. The maximum absolute atomic E-state index is 9.30. The van der Waals surface area contributed by atoms with Crippen LogP contribution in [0.1, 0.15) is 16.7 Å². The van der Waals surface area contributed by atoms with Crippen LogP contribution in [-0.4, -0.2) is 10.2 Å². The Morgan fingerprint density at radius 2 is 1.29 bits per heavy atom. The summed E-state index contributed by atoms with van der Waals surface area (Å²) < 4.78 is 0. The average Bonchev–Trinajstić information content (AvgIpc) is 2.27. The summed E-state index contributed by atoms with van der Waals surface area (Å²) in [6.07, 6.45) is 0. The summed E-state index contributed by atoms with van der Waals surface area (Å²) in [5, 5.41) is 18.6. The molecular formula is C15H12O2. The molecule has 0 aliphatic rings. The lowest BCUT2D eigenvalue weighted by molar-refractivity contribution is 0.450. The van der Waals surface area contributed by atoms with Gasteiger partial charge in [0.1, 0.15) is 11.5 Å². The first-order valence-electron chi connectivity index (χ1n) is 5.25. The maximum Gasteiger partial charge on any atom is 0.120 e. The van der Waals surface area contributed by atoms with Gasteiger partial charge in [0.25, 0.3) is 0 Å². The van der Waals surface area contributed by atoms with Crippen molar-refractivity contribution in [3.8, 4) is 23.3 Å². The Morgan fingerprint density at radius 3 is 1.88 bits per heavy atom. The lowest BCUT2D eigenvalue weighted by Crippen LogP contribution is -1.77. The van der Waals surface area contributed by atoms with E-state index in [0.717, 1.165) is 5.56 Å². The van der Waals surface area contributed by atoms with Gasteiger partial charge in [-0.2, -0.15) is 0 Å². The minimum absolute atomic E-state index is 0.0122. The molecule has 0 amide bonds. The molecule has 0 aliphatic heterocycles. The third-order valence-corrected chi connectivity index (χ3v) is 2.31. The molecule has 2 aromatic carbocycles. The van der Waals surface area contributed by atoms with E-state index in [4.69, 9.17) is 0 Å². The maximum atomic E-state index is 9.30. The fourth-order valence-electron chi connectivity index (χ4n) is 1.45. The molecule has 17 heavy (non-hydrogen) atoms. The third-order valence-electron chi connectivity index (χ3n) is 2.31. The highest BCUT2D eigenvalue weighted by Crippen LogP contribution is 2.19. The lowest BCUT2D eigenvalue weighted by atomic mass is 10.1. The van der Waals surface area contributed by atoms with Crippen molar-refractivity contribution in [3.63, 3.8) is 0 Å². The number of aromatic hydroxyl groups is 2. The molecule has 0 saturated carbocycles. The molecule has 0 heterocycles. The molecule has 2 rings (SSSR count). The van der Waals surface area contributed by atoms with E-state index in [9.17, 15) is 10.2 Å². The van der Waals surface area contributed by atoms with Crippen molar-refractivity contribution in [3.05, 3.63) is 59.2 Å². The van der Waals surface area contributed by atoms with Crippen LogP contribution in [0.25, 0.3) is 0 Å². The fraction of sp³-hybridized carbons (Fsp3) is 0.0667. The SMILES string of the molecule is Cc1ccc(C#Cc2cc(O)cc(O)c2)cc1. The zero-order valence-electron chi connectivity index (χ0n) is 9.44. The zero-order chi connectivity index (χ0) is 12.3. The van der Waals surface area contributed by atoms with Crippen molar-refractivity contribution >= 4 is 0 Å². The Balaban J connectivity index is 2.29. The summed E-state index contributed by atoms with van der Waals surface area (Å²) in [5.41, 5.74) is 2.67. The van der Waals surface area contributed by atoms with Crippen LogP contribution in [0.15, 0.2) is 42.5 Å². The number of rotatable bonds is 0. The lowest BCUT2D eigenvalue weighted by Gasteiger charge is -1.96. The van der Waals surface area contributed by atoms with E-state index in [1.54, 1.807) is 0 Å². The van der Waals surface area contributed by atoms with Gasteiger partial charge in [0, 0.05) is 17.2 Å². The Hall–Kier alpha value is -2.40. The average molecular weight is 224 g/mol. The van der Waals surface area contributed by atoms with E-state index in [1.807, 2.05) is 31.2 Å². The summed E-state index contributed by atoms with van der Waals surface area (Å²) in [7, 11) is 0. The summed E-state index contributed by atoms with van der Waals surface area (Å²) in [4.78, 5) is 0. The standard InChI is InChI=1S/C15H12O2/c1-11-2-4-12(5-3-11)6-7-13-8-14(16)10-15(17)9-13/h2-5,8-10,16-17H,1H3. The molecule has 0 unspecified atom stereocenters. The second kappa shape index (κ2) is 4.63. The number of aryl methyl sites for hydroxylation is 1. The van der Waals surface area contributed by atoms with E-state index in [0.29, 0.717) is 5.56 Å². The van der Waals surface area contributed by atoms with E-state index >= 15 is 0 Å². The van der Waals surface area contributed by atoms with Gasteiger partial charge in [-0.25, -0.2) is 0 Å². The van der Waals surface area contributed by atoms with Gasteiger partial charge in [0.15, 0.2) is 0 Å². The summed E-state index contributed by atoms with van der Waals surface area (Å²) in [5.74, 6) is 5.89. The first-order chi connectivity index (χ1) is 8.13. The Bertz CT molecular complexity index is 566. The minimum Gasteiger partial charge on any atom is -0.508 e. The smallest absolute Gasteiger partial charge is 0.120 e. The first-order valence-corrected chi connectivity index (χ1v) is 5.25. The highest BCUT2D eigenvalue weighted by atomic mass is 16.3. The van der Waals surface area contributed by atoms with Crippen molar-refractivity contribution in [2.24, 2.45) is 0 Å². The molecular weight excluding hydrogens is 212 g/mol. The van der Waals surface area contributed by atoms with E-state index in [1.165, 1.54) is 23.8 Å². The predicted octanol–water partition coefficient (Wildman–Crippen LogP) is 2.81. The van der Waals surface area contributed by atoms with Crippen molar-refractivity contribution in [2.45, 2.75) is 6.92 Å². The van der Waals surface area contributed by atoms with Crippen LogP contribution in [-0.2, 0) is 0 Å². The van der Waals surface area contributed by atoms with Gasteiger partial charge < -0.3 is 10.2 Å². The minimum atomic E-state index is 0.0122. The van der Waals surface area contributed by atoms with Gasteiger partial charge in [0.2, 0.25) is 0 Å². The monoisotopic (exact) mass is 224 g/mol. The summed E-state index contributed by atoms with van der Waals surface area (Å²) in [6.45, 7) is 2.02. The molecule has 0 fully saturated rings. The van der Waals surface area contributed by atoms with Crippen LogP contribution in [0.3, 0.4) is 0 Å². The first kappa shape index (κ1) is 11.1.